The summed E-state index contributed by atoms with van der Waals surface area (Å²) in [5.74, 6) is -0.233. The van der Waals surface area contributed by atoms with E-state index in [-0.39, 0.29) is 11.9 Å². The van der Waals surface area contributed by atoms with Crippen LogP contribution in [0.15, 0.2) is 24.3 Å². The van der Waals surface area contributed by atoms with Crippen LogP contribution in [0, 0.1) is 5.82 Å². The second kappa shape index (κ2) is 6.25. The molecule has 0 amide bonds. The SMILES string of the molecule is NC(=S)C(c1cccc(F)c1)N1CCCCCC1. The lowest BCUT2D eigenvalue weighted by Gasteiger charge is -2.30. The van der Waals surface area contributed by atoms with Crippen molar-refractivity contribution < 1.29 is 4.39 Å². The number of hydrogen-bond donors (Lipinski definition) is 1. The monoisotopic (exact) mass is 266 g/mol. The Morgan fingerprint density at radius 1 is 1.22 bits per heavy atom. The minimum Gasteiger partial charge on any atom is -0.392 e. The number of rotatable bonds is 3. The van der Waals surface area contributed by atoms with Crippen LogP contribution in [0.4, 0.5) is 4.39 Å². The first-order chi connectivity index (χ1) is 8.68. The predicted molar refractivity (Wildman–Crippen MR) is 76.0 cm³/mol. The molecular formula is C14H19FN2S. The molecule has 4 heteroatoms. The van der Waals surface area contributed by atoms with E-state index >= 15 is 0 Å². The van der Waals surface area contributed by atoms with E-state index in [2.05, 4.69) is 4.90 Å². The molecule has 2 N–H and O–H groups in total. The quantitative estimate of drug-likeness (QED) is 0.853. The Balaban J connectivity index is 2.24. The van der Waals surface area contributed by atoms with E-state index in [4.69, 9.17) is 18.0 Å². The molecule has 1 fully saturated rings. The van der Waals surface area contributed by atoms with Gasteiger partial charge in [0.1, 0.15) is 5.82 Å². The predicted octanol–water partition coefficient (Wildman–Crippen LogP) is 3.03. The van der Waals surface area contributed by atoms with Crippen LogP contribution >= 0.6 is 12.2 Å². The summed E-state index contributed by atoms with van der Waals surface area (Å²) in [4.78, 5) is 2.71. The number of hydrogen-bond acceptors (Lipinski definition) is 2. The Morgan fingerprint density at radius 2 is 1.89 bits per heavy atom. The molecular weight excluding hydrogens is 247 g/mol. The average molecular weight is 266 g/mol. The Labute approximate surface area is 113 Å². The van der Waals surface area contributed by atoms with E-state index in [0.717, 1.165) is 31.5 Å². The summed E-state index contributed by atoms with van der Waals surface area (Å²) in [6.45, 7) is 1.97. The van der Waals surface area contributed by atoms with Gasteiger partial charge in [0.25, 0.3) is 0 Å². The molecule has 0 aliphatic carbocycles. The Kier molecular flexibility index (Phi) is 4.66. The molecule has 1 heterocycles. The standard InChI is InChI=1S/C14H19FN2S/c15-12-7-5-6-11(10-12)13(14(16)18)17-8-3-1-2-4-9-17/h5-7,10,13H,1-4,8-9H2,(H2,16,18). The molecule has 1 aromatic carbocycles. The van der Waals surface area contributed by atoms with Gasteiger partial charge in [0.2, 0.25) is 0 Å². The topological polar surface area (TPSA) is 29.3 Å². The van der Waals surface area contributed by atoms with Gasteiger partial charge in [0.15, 0.2) is 0 Å². The molecule has 0 radical (unpaired) electrons. The van der Waals surface area contributed by atoms with Crippen molar-refractivity contribution >= 4 is 17.2 Å². The first-order valence-electron chi connectivity index (χ1n) is 6.47. The average Bonchev–Trinajstić information content (AvgIpc) is 2.58. The normalized spacial score (nSPS) is 19.2. The third-order valence-corrected chi connectivity index (χ3v) is 3.66. The molecule has 2 rings (SSSR count). The van der Waals surface area contributed by atoms with Crippen molar-refractivity contribution in [3.05, 3.63) is 35.6 Å². The van der Waals surface area contributed by atoms with E-state index < -0.39 is 0 Å². The summed E-state index contributed by atoms with van der Waals surface area (Å²) in [6, 6.07) is 6.47. The van der Waals surface area contributed by atoms with Crippen LogP contribution in [0.2, 0.25) is 0 Å². The second-order valence-corrected chi connectivity index (χ2v) is 5.28. The minimum atomic E-state index is -0.233. The van der Waals surface area contributed by atoms with Gasteiger partial charge in [0, 0.05) is 0 Å². The van der Waals surface area contributed by atoms with Crippen molar-refractivity contribution in [3.8, 4) is 0 Å². The zero-order chi connectivity index (χ0) is 13.0. The van der Waals surface area contributed by atoms with E-state index in [1.807, 2.05) is 6.07 Å². The highest BCUT2D eigenvalue weighted by Gasteiger charge is 2.23. The van der Waals surface area contributed by atoms with Gasteiger partial charge in [0.05, 0.1) is 11.0 Å². The Bertz CT molecular complexity index is 414. The highest BCUT2D eigenvalue weighted by atomic mass is 32.1. The van der Waals surface area contributed by atoms with Gasteiger partial charge in [-0.15, -0.1) is 0 Å². The number of nitrogens with two attached hydrogens (primary N) is 1. The number of thiocarbonyl (C=S) groups is 1. The van der Waals surface area contributed by atoms with Crippen molar-refractivity contribution in [1.82, 2.24) is 4.90 Å². The largest absolute Gasteiger partial charge is 0.392 e. The van der Waals surface area contributed by atoms with E-state index in [1.54, 1.807) is 6.07 Å². The fraction of sp³-hybridized carbons (Fsp3) is 0.500. The molecule has 0 aromatic heterocycles. The summed E-state index contributed by atoms with van der Waals surface area (Å²) < 4.78 is 13.3. The van der Waals surface area contributed by atoms with Crippen LogP contribution in [0.3, 0.4) is 0 Å². The smallest absolute Gasteiger partial charge is 0.123 e. The van der Waals surface area contributed by atoms with Gasteiger partial charge in [-0.05, 0) is 43.6 Å². The maximum atomic E-state index is 13.3. The molecule has 1 aliphatic heterocycles. The lowest BCUT2D eigenvalue weighted by molar-refractivity contribution is 0.254. The summed E-state index contributed by atoms with van der Waals surface area (Å²) in [5.41, 5.74) is 6.73. The van der Waals surface area contributed by atoms with Crippen molar-refractivity contribution in [3.63, 3.8) is 0 Å². The molecule has 1 unspecified atom stereocenters. The number of likely N-dealkylation sites (tertiary alicyclic amines) is 1. The number of benzene rings is 1. The first-order valence-corrected chi connectivity index (χ1v) is 6.88. The molecule has 1 aromatic rings. The fourth-order valence-corrected chi connectivity index (χ4v) is 2.87. The molecule has 1 aliphatic rings. The van der Waals surface area contributed by atoms with Gasteiger partial charge < -0.3 is 5.73 Å². The molecule has 1 atom stereocenters. The summed E-state index contributed by atoms with van der Waals surface area (Å²) in [7, 11) is 0. The van der Waals surface area contributed by atoms with Crippen LogP contribution < -0.4 is 5.73 Å². The summed E-state index contributed by atoms with van der Waals surface area (Å²) in [5, 5.41) is 0. The first kappa shape index (κ1) is 13.4. The summed E-state index contributed by atoms with van der Waals surface area (Å²) in [6.07, 6.45) is 4.83. The van der Waals surface area contributed by atoms with Crippen molar-refractivity contribution in [2.24, 2.45) is 5.73 Å². The van der Waals surface area contributed by atoms with E-state index in [0.29, 0.717) is 4.99 Å². The van der Waals surface area contributed by atoms with Crippen molar-refractivity contribution in [2.75, 3.05) is 13.1 Å². The lowest BCUT2D eigenvalue weighted by Crippen LogP contribution is -2.37. The van der Waals surface area contributed by atoms with Gasteiger partial charge in [-0.1, -0.05) is 37.2 Å². The molecule has 0 spiro atoms. The van der Waals surface area contributed by atoms with Gasteiger partial charge in [-0.25, -0.2) is 4.39 Å². The fourth-order valence-electron chi connectivity index (χ4n) is 2.59. The maximum absolute atomic E-state index is 13.3. The summed E-state index contributed by atoms with van der Waals surface area (Å²) >= 11 is 5.18. The van der Waals surface area contributed by atoms with E-state index in [9.17, 15) is 4.39 Å². The van der Waals surface area contributed by atoms with Crippen molar-refractivity contribution in [1.29, 1.82) is 0 Å². The molecule has 1 saturated heterocycles. The molecule has 98 valence electrons. The zero-order valence-corrected chi connectivity index (χ0v) is 11.3. The van der Waals surface area contributed by atoms with Crippen molar-refractivity contribution in [2.45, 2.75) is 31.7 Å². The number of nitrogens with zero attached hydrogens (tertiary/aromatic N) is 1. The zero-order valence-electron chi connectivity index (χ0n) is 10.4. The Morgan fingerprint density at radius 3 is 2.44 bits per heavy atom. The molecule has 18 heavy (non-hydrogen) atoms. The van der Waals surface area contributed by atoms with Crippen LogP contribution in [-0.4, -0.2) is 23.0 Å². The van der Waals surface area contributed by atoms with Gasteiger partial charge in [-0.3, -0.25) is 4.90 Å². The minimum absolute atomic E-state index is 0.131. The van der Waals surface area contributed by atoms with Crippen LogP contribution in [-0.2, 0) is 0 Å². The molecule has 0 saturated carbocycles. The highest BCUT2D eigenvalue weighted by molar-refractivity contribution is 7.80. The lowest BCUT2D eigenvalue weighted by atomic mass is 10.0. The van der Waals surface area contributed by atoms with Crippen LogP contribution in [0.1, 0.15) is 37.3 Å². The highest BCUT2D eigenvalue weighted by Crippen LogP contribution is 2.25. The molecule has 0 bridgehead atoms. The van der Waals surface area contributed by atoms with Crippen LogP contribution in [0.25, 0.3) is 0 Å². The number of halogens is 1. The molecule has 2 nitrogen and oxygen atoms in total. The third-order valence-electron chi connectivity index (χ3n) is 3.44. The maximum Gasteiger partial charge on any atom is 0.123 e. The Hall–Kier alpha value is -1.00. The third kappa shape index (κ3) is 3.27. The second-order valence-electron chi connectivity index (χ2n) is 4.81. The van der Waals surface area contributed by atoms with Crippen LogP contribution in [0.5, 0.6) is 0 Å². The van der Waals surface area contributed by atoms with Gasteiger partial charge >= 0.3 is 0 Å². The van der Waals surface area contributed by atoms with Gasteiger partial charge in [-0.2, -0.15) is 0 Å². The van der Waals surface area contributed by atoms with E-state index in [1.165, 1.54) is 25.0 Å².